The number of hydrogen-bond acceptors (Lipinski definition) is 2. The molecule has 1 saturated heterocycles. The summed E-state index contributed by atoms with van der Waals surface area (Å²) in [5.41, 5.74) is 0. The van der Waals surface area contributed by atoms with Gasteiger partial charge in [-0.2, -0.15) is 0 Å². The Balaban J connectivity index is 0.000000291. The zero-order valence-corrected chi connectivity index (χ0v) is 6.10. The van der Waals surface area contributed by atoms with E-state index < -0.39 is 0 Å². The zero-order chi connectivity index (χ0) is 7.28. The van der Waals surface area contributed by atoms with Crippen LogP contribution < -0.4 is 5.32 Å². The summed E-state index contributed by atoms with van der Waals surface area (Å²) in [5.74, 6) is 0. The van der Waals surface area contributed by atoms with Gasteiger partial charge in [-0.3, -0.25) is 0 Å². The average Bonchev–Trinajstić information content (AvgIpc) is 2.20. The van der Waals surface area contributed by atoms with E-state index in [0.717, 1.165) is 0 Å². The molecule has 1 amide bonds. The van der Waals surface area contributed by atoms with Crippen LogP contribution in [0.15, 0.2) is 0 Å². The van der Waals surface area contributed by atoms with Crippen molar-refractivity contribution < 1.29 is 9.53 Å². The third-order valence-electron chi connectivity index (χ3n) is 0.829. The lowest BCUT2D eigenvalue weighted by molar-refractivity contribution is 0.177. The number of alkyl carbamates (subject to hydrolysis) is 1. The van der Waals surface area contributed by atoms with Gasteiger partial charge in [-0.1, -0.05) is 13.8 Å². The molecule has 3 heteroatoms. The smallest absolute Gasteiger partial charge is 0.407 e. The molecule has 0 aromatic heterocycles. The van der Waals surface area contributed by atoms with Crippen LogP contribution in [0.5, 0.6) is 0 Å². The molecule has 0 saturated carbocycles. The molecule has 0 aromatic rings. The van der Waals surface area contributed by atoms with Gasteiger partial charge in [0.05, 0.1) is 6.04 Å². The molecule has 0 spiro atoms. The van der Waals surface area contributed by atoms with Crippen LogP contribution in [0.4, 0.5) is 4.79 Å². The van der Waals surface area contributed by atoms with E-state index in [4.69, 9.17) is 0 Å². The van der Waals surface area contributed by atoms with Crippen LogP contribution in [0, 0.1) is 0 Å². The van der Waals surface area contributed by atoms with Gasteiger partial charge in [0.25, 0.3) is 0 Å². The Bertz CT molecular complexity index is 93.1. The predicted molar refractivity (Wildman–Crippen MR) is 35.3 cm³/mol. The van der Waals surface area contributed by atoms with Gasteiger partial charge in [-0.05, 0) is 6.92 Å². The van der Waals surface area contributed by atoms with E-state index in [1.807, 2.05) is 20.8 Å². The molecule has 1 rings (SSSR count). The number of hydrogen-bond donors (Lipinski definition) is 1. The van der Waals surface area contributed by atoms with Crippen molar-refractivity contribution in [1.82, 2.24) is 5.32 Å². The van der Waals surface area contributed by atoms with Crippen molar-refractivity contribution in [2.75, 3.05) is 6.61 Å². The van der Waals surface area contributed by atoms with E-state index in [1.54, 1.807) is 0 Å². The lowest BCUT2D eigenvalue weighted by Gasteiger charge is -1.90. The molecule has 1 N–H and O–H groups in total. The summed E-state index contributed by atoms with van der Waals surface area (Å²) in [6.07, 6.45) is -0.299. The summed E-state index contributed by atoms with van der Waals surface area (Å²) in [6, 6.07) is 0.201. The van der Waals surface area contributed by atoms with Gasteiger partial charge < -0.3 is 10.1 Å². The Hall–Kier alpha value is -0.730. The van der Waals surface area contributed by atoms with Gasteiger partial charge in [0, 0.05) is 0 Å². The fourth-order valence-corrected chi connectivity index (χ4v) is 0.485. The molecule has 54 valence electrons. The quantitative estimate of drug-likeness (QED) is 0.535. The van der Waals surface area contributed by atoms with Crippen LogP contribution in [0.2, 0.25) is 0 Å². The van der Waals surface area contributed by atoms with Gasteiger partial charge in [0.15, 0.2) is 0 Å². The lowest BCUT2D eigenvalue weighted by atomic mass is 10.4. The Morgan fingerprint density at radius 2 is 2.22 bits per heavy atom. The number of carbonyl (C=O) groups excluding carboxylic acids is 1. The average molecular weight is 131 g/mol. The maximum absolute atomic E-state index is 10.1. The number of rotatable bonds is 0. The van der Waals surface area contributed by atoms with Crippen molar-refractivity contribution in [3.63, 3.8) is 0 Å². The van der Waals surface area contributed by atoms with E-state index in [1.165, 1.54) is 0 Å². The molecule has 1 aliphatic rings. The molecule has 0 radical (unpaired) electrons. The number of ether oxygens (including phenoxy) is 1. The summed E-state index contributed by atoms with van der Waals surface area (Å²) < 4.78 is 4.52. The summed E-state index contributed by atoms with van der Waals surface area (Å²) >= 11 is 0. The maximum atomic E-state index is 10.1. The molecule has 9 heavy (non-hydrogen) atoms. The van der Waals surface area contributed by atoms with Crippen molar-refractivity contribution in [1.29, 1.82) is 0 Å². The van der Waals surface area contributed by atoms with Gasteiger partial charge in [-0.25, -0.2) is 4.79 Å². The van der Waals surface area contributed by atoms with Crippen molar-refractivity contribution in [3.8, 4) is 0 Å². The molecular weight excluding hydrogens is 118 g/mol. The second-order valence-corrected chi connectivity index (χ2v) is 1.64. The lowest BCUT2D eigenvalue weighted by Crippen LogP contribution is -2.21. The van der Waals surface area contributed by atoms with Crippen LogP contribution in [-0.2, 0) is 4.74 Å². The highest BCUT2D eigenvalue weighted by atomic mass is 16.6. The molecule has 3 nitrogen and oxygen atoms in total. The number of nitrogens with one attached hydrogen (secondary N) is 1. The minimum atomic E-state index is -0.299. The Labute approximate surface area is 55.4 Å². The van der Waals surface area contributed by atoms with Crippen molar-refractivity contribution in [2.24, 2.45) is 0 Å². The molecular formula is C6H13NO2. The maximum Gasteiger partial charge on any atom is 0.407 e. The molecule has 1 aliphatic heterocycles. The van der Waals surface area contributed by atoms with E-state index in [-0.39, 0.29) is 12.1 Å². The van der Waals surface area contributed by atoms with E-state index in [9.17, 15) is 4.79 Å². The molecule has 1 atom stereocenters. The second kappa shape index (κ2) is 4.18. The summed E-state index contributed by atoms with van der Waals surface area (Å²) in [7, 11) is 0. The minimum absolute atomic E-state index is 0.201. The zero-order valence-electron chi connectivity index (χ0n) is 6.10. The first kappa shape index (κ1) is 8.27. The Kier molecular flexibility index (Phi) is 3.84. The van der Waals surface area contributed by atoms with Gasteiger partial charge in [0.2, 0.25) is 0 Å². The van der Waals surface area contributed by atoms with E-state index in [0.29, 0.717) is 6.61 Å². The van der Waals surface area contributed by atoms with Crippen LogP contribution >= 0.6 is 0 Å². The van der Waals surface area contributed by atoms with Gasteiger partial charge >= 0.3 is 6.09 Å². The first-order valence-corrected chi connectivity index (χ1v) is 3.22. The minimum Gasteiger partial charge on any atom is -0.447 e. The van der Waals surface area contributed by atoms with E-state index in [2.05, 4.69) is 10.1 Å². The van der Waals surface area contributed by atoms with Crippen molar-refractivity contribution >= 4 is 6.09 Å². The van der Waals surface area contributed by atoms with Crippen molar-refractivity contribution in [2.45, 2.75) is 26.8 Å². The number of cyclic esters (lactones) is 1. The van der Waals surface area contributed by atoms with E-state index >= 15 is 0 Å². The highest BCUT2D eigenvalue weighted by molar-refractivity contribution is 5.69. The number of carbonyl (C=O) groups is 1. The topological polar surface area (TPSA) is 38.3 Å². The fourth-order valence-electron chi connectivity index (χ4n) is 0.485. The molecule has 1 heterocycles. The molecule has 1 unspecified atom stereocenters. The largest absolute Gasteiger partial charge is 0.447 e. The summed E-state index contributed by atoms with van der Waals surface area (Å²) in [5, 5.41) is 2.56. The normalized spacial score (nSPS) is 23.4. The standard InChI is InChI=1S/C4H7NO2.C2H6/c1-3-2-7-4(6)5-3;1-2/h3H,2H2,1H3,(H,5,6);1-2H3. The first-order chi connectivity index (χ1) is 4.29. The predicted octanol–water partition coefficient (Wildman–Crippen LogP) is 1.14. The van der Waals surface area contributed by atoms with Crippen molar-refractivity contribution in [3.05, 3.63) is 0 Å². The van der Waals surface area contributed by atoms with Crippen LogP contribution in [0.3, 0.4) is 0 Å². The molecule has 1 fully saturated rings. The third-order valence-corrected chi connectivity index (χ3v) is 0.829. The summed E-state index contributed by atoms with van der Waals surface area (Å²) in [4.78, 5) is 10.1. The Morgan fingerprint density at radius 1 is 1.67 bits per heavy atom. The number of amides is 1. The second-order valence-electron chi connectivity index (χ2n) is 1.64. The summed E-state index contributed by atoms with van der Waals surface area (Å²) in [6.45, 7) is 6.41. The van der Waals surface area contributed by atoms with Crippen LogP contribution in [-0.4, -0.2) is 18.7 Å². The molecule has 0 aliphatic carbocycles. The highest BCUT2D eigenvalue weighted by Crippen LogP contribution is 1.93. The molecule has 0 aromatic carbocycles. The monoisotopic (exact) mass is 131 g/mol. The van der Waals surface area contributed by atoms with Crippen LogP contribution in [0.1, 0.15) is 20.8 Å². The Morgan fingerprint density at radius 3 is 2.33 bits per heavy atom. The van der Waals surface area contributed by atoms with Crippen LogP contribution in [0.25, 0.3) is 0 Å². The third kappa shape index (κ3) is 2.95. The van der Waals surface area contributed by atoms with Gasteiger partial charge in [0.1, 0.15) is 6.61 Å². The highest BCUT2D eigenvalue weighted by Gasteiger charge is 2.15. The SMILES string of the molecule is CC.CC1COC(=O)N1. The first-order valence-electron chi connectivity index (χ1n) is 3.22. The van der Waals surface area contributed by atoms with Gasteiger partial charge in [-0.15, -0.1) is 0 Å². The molecule has 0 bridgehead atoms. The fraction of sp³-hybridized carbons (Fsp3) is 0.833.